The first-order chi connectivity index (χ1) is 9.63. The van der Waals surface area contributed by atoms with Crippen molar-refractivity contribution >= 4 is 10.9 Å². The molecule has 0 aliphatic rings. The van der Waals surface area contributed by atoms with E-state index in [0.717, 1.165) is 27.7 Å². The lowest BCUT2D eigenvalue weighted by atomic mass is 10.0. The van der Waals surface area contributed by atoms with Crippen LogP contribution in [0.15, 0.2) is 54.6 Å². The van der Waals surface area contributed by atoms with Crippen molar-refractivity contribution in [3.63, 3.8) is 0 Å². The van der Waals surface area contributed by atoms with Gasteiger partial charge in [-0.05, 0) is 42.3 Å². The summed E-state index contributed by atoms with van der Waals surface area (Å²) in [6.45, 7) is 1.85. The van der Waals surface area contributed by atoms with E-state index in [1.807, 2.05) is 49.4 Å². The summed E-state index contributed by atoms with van der Waals surface area (Å²) in [5, 5.41) is 1.07. The molecule has 3 aromatic rings. The molecule has 0 radical (unpaired) electrons. The number of aromatic nitrogens is 1. The van der Waals surface area contributed by atoms with Gasteiger partial charge in [0, 0.05) is 5.39 Å². The minimum Gasteiger partial charge on any atom is -0.319 e. The molecule has 1 heterocycles. The summed E-state index contributed by atoms with van der Waals surface area (Å²) in [5.41, 5.74) is 9.46. The molecular formula is C17H15FN2. The van der Waals surface area contributed by atoms with Crippen LogP contribution < -0.4 is 5.73 Å². The standard InChI is InChI=1S/C17H15FN2/c1-11-8-13(10-14(18)9-11)17(19)16-7-6-12-4-2-3-5-15(12)20-16/h2-10,17H,19H2,1H3. The molecule has 2 nitrogen and oxygen atoms in total. The largest absolute Gasteiger partial charge is 0.319 e. The Hall–Kier alpha value is -2.26. The number of hydrogen-bond donors (Lipinski definition) is 1. The Kier molecular flexibility index (Phi) is 3.20. The van der Waals surface area contributed by atoms with E-state index in [4.69, 9.17) is 5.73 Å². The molecule has 0 fully saturated rings. The summed E-state index contributed by atoms with van der Waals surface area (Å²) in [6.07, 6.45) is 0. The zero-order valence-corrected chi connectivity index (χ0v) is 11.2. The van der Waals surface area contributed by atoms with Crippen molar-refractivity contribution in [1.29, 1.82) is 0 Å². The fourth-order valence-electron chi connectivity index (χ4n) is 2.37. The number of halogens is 1. The first kappa shape index (κ1) is 12.8. The van der Waals surface area contributed by atoms with Crippen molar-refractivity contribution in [2.24, 2.45) is 5.73 Å². The van der Waals surface area contributed by atoms with E-state index in [9.17, 15) is 4.39 Å². The van der Waals surface area contributed by atoms with Gasteiger partial charge in [0.2, 0.25) is 0 Å². The Balaban J connectivity index is 2.05. The van der Waals surface area contributed by atoms with Crippen LogP contribution in [0.4, 0.5) is 4.39 Å². The van der Waals surface area contributed by atoms with Crippen LogP contribution >= 0.6 is 0 Å². The fraction of sp³-hybridized carbons (Fsp3) is 0.118. The summed E-state index contributed by atoms with van der Waals surface area (Å²) in [5.74, 6) is -0.267. The van der Waals surface area contributed by atoms with Crippen LogP contribution in [0.1, 0.15) is 22.9 Å². The van der Waals surface area contributed by atoms with Crippen molar-refractivity contribution in [2.45, 2.75) is 13.0 Å². The molecule has 0 aliphatic heterocycles. The van der Waals surface area contributed by atoms with Crippen LogP contribution in [0.5, 0.6) is 0 Å². The molecule has 1 aromatic heterocycles. The number of pyridine rings is 1. The van der Waals surface area contributed by atoms with Gasteiger partial charge >= 0.3 is 0 Å². The van der Waals surface area contributed by atoms with Crippen LogP contribution in [0.25, 0.3) is 10.9 Å². The van der Waals surface area contributed by atoms with Crippen molar-refractivity contribution < 1.29 is 4.39 Å². The maximum absolute atomic E-state index is 13.5. The zero-order chi connectivity index (χ0) is 14.1. The third-order valence-electron chi connectivity index (χ3n) is 3.36. The van der Waals surface area contributed by atoms with Crippen molar-refractivity contribution in [2.75, 3.05) is 0 Å². The van der Waals surface area contributed by atoms with E-state index < -0.39 is 6.04 Å². The van der Waals surface area contributed by atoms with E-state index >= 15 is 0 Å². The molecule has 3 heteroatoms. The number of aryl methyl sites for hydroxylation is 1. The third-order valence-corrected chi connectivity index (χ3v) is 3.36. The minimum atomic E-state index is -0.422. The molecule has 0 bridgehead atoms. The van der Waals surface area contributed by atoms with Gasteiger partial charge in [0.05, 0.1) is 17.3 Å². The highest BCUT2D eigenvalue weighted by atomic mass is 19.1. The predicted molar refractivity (Wildman–Crippen MR) is 78.9 cm³/mol. The predicted octanol–water partition coefficient (Wildman–Crippen LogP) is 3.73. The SMILES string of the molecule is Cc1cc(F)cc(C(N)c2ccc3ccccc3n2)c1. The Morgan fingerprint density at radius 2 is 1.85 bits per heavy atom. The fourth-order valence-corrected chi connectivity index (χ4v) is 2.37. The van der Waals surface area contributed by atoms with Crippen LogP contribution in [-0.2, 0) is 0 Å². The molecule has 20 heavy (non-hydrogen) atoms. The Morgan fingerprint density at radius 1 is 1.05 bits per heavy atom. The summed E-state index contributed by atoms with van der Waals surface area (Å²) >= 11 is 0. The minimum absolute atomic E-state index is 0.267. The number of nitrogens with zero attached hydrogens (tertiary/aromatic N) is 1. The maximum atomic E-state index is 13.5. The third kappa shape index (κ3) is 2.40. The van der Waals surface area contributed by atoms with Crippen LogP contribution in [0.3, 0.4) is 0 Å². The quantitative estimate of drug-likeness (QED) is 0.767. The van der Waals surface area contributed by atoms with Crippen molar-refractivity contribution in [1.82, 2.24) is 4.98 Å². The second-order valence-electron chi connectivity index (χ2n) is 4.97. The molecule has 0 spiro atoms. The molecule has 100 valence electrons. The molecule has 2 N–H and O–H groups in total. The topological polar surface area (TPSA) is 38.9 Å². The highest BCUT2D eigenvalue weighted by molar-refractivity contribution is 5.78. The number of benzene rings is 2. The number of rotatable bonds is 2. The average Bonchev–Trinajstić information content (AvgIpc) is 2.45. The zero-order valence-electron chi connectivity index (χ0n) is 11.2. The molecular weight excluding hydrogens is 251 g/mol. The molecule has 3 rings (SSSR count). The van der Waals surface area contributed by atoms with E-state index in [0.29, 0.717) is 0 Å². The lowest BCUT2D eigenvalue weighted by molar-refractivity contribution is 0.622. The van der Waals surface area contributed by atoms with E-state index in [1.54, 1.807) is 0 Å². The second-order valence-corrected chi connectivity index (χ2v) is 4.97. The number of para-hydroxylation sites is 1. The maximum Gasteiger partial charge on any atom is 0.123 e. The van der Waals surface area contributed by atoms with Gasteiger partial charge in [0.25, 0.3) is 0 Å². The van der Waals surface area contributed by atoms with Gasteiger partial charge < -0.3 is 5.73 Å². The van der Waals surface area contributed by atoms with E-state index in [-0.39, 0.29) is 5.82 Å². The van der Waals surface area contributed by atoms with Gasteiger partial charge in [-0.1, -0.05) is 30.3 Å². The summed E-state index contributed by atoms with van der Waals surface area (Å²) in [4.78, 5) is 4.56. The average molecular weight is 266 g/mol. The highest BCUT2D eigenvalue weighted by Gasteiger charge is 2.12. The normalized spacial score (nSPS) is 12.6. The lowest BCUT2D eigenvalue weighted by Crippen LogP contribution is -2.14. The first-order valence-corrected chi connectivity index (χ1v) is 6.52. The van der Waals surface area contributed by atoms with Gasteiger partial charge in [0.15, 0.2) is 0 Å². The van der Waals surface area contributed by atoms with Gasteiger partial charge in [-0.2, -0.15) is 0 Å². The van der Waals surface area contributed by atoms with E-state index in [1.165, 1.54) is 12.1 Å². The first-order valence-electron chi connectivity index (χ1n) is 6.52. The number of hydrogen-bond acceptors (Lipinski definition) is 2. The van der Waals surface area contributed by atoms with E-state index in [2.05, 4.69) is 4.98 Å². The monoisotopic (exact) mass is 266 g/mol. The molecule has 0 saturated carbocycles. The van der Waals surface area contributed by atoms with Gasteiger partial charge in [0.1, 0.15) is 5.82 Å². The highest BCUT2D eigenvalue weighted by Crippen LogP contribution is 2.22. The van der Waals surface area contributed by atoms with Gasteiger partial charge in [-0.3, -0.25) is 4.98 Å². The molecule has 1 unspecified atom stereocenters. The number of fused-ring (bicyclic) bond motifs is 1. The smallest absolute Gasteiger partial charge is 0.123 e. The number of nitrogens with two attached hydrogens (primary N) is 1. The van der Waals surface area contributed by atoms with Crippen molar-refractivity contribution in [3.8, 4) is 0 Å². The lowest BCUT2D eigenvalue weighted by Gasteiger charge is -2.13. The molecule has 1 atom stereocenters. The Bertz CT molecular complexity index is 748. The van der Waals surface area contributed by atoms with Crippen LogP contribution in [0.2, 0.25) is 0 Å². The van der Waals surface area contributed by atoms with Gasteiger partial charge in [-0.25, -0.2) is 4.39 Å². The van der Waals surface area contributed by atoms with Crippen molar-refractivity contribution in [3.05, 3.63) is 77.2 Å². The van der Waals surface area contributed by atoms with Crippen LogP contribution in [0, 0.1) is 12.7 Å². The summed E-state index contributed by atoms with van der Waals surface area (Å²) in [6, 6.07) is 16.2. The molecule has 0 aliphatic carbocycles. The Labute approximate surface area is 117 Å². The second kappa shape index (κ2) is 5.02. The molecule has 2 aromatic carbocycles. The molecule has 0 amide bonds. The summed E-state index contributed by atoms with van der Waals surface area (Å²) < 4.78 is 13.5. The molecule has 0 saturated heterocycles. The Morgan fingerprint density at radius 3 is 2.65 bits per heavy atom. The van der Waals surface area contributed by atoms with Crippen LogP contribution in [-0.4, -0.2) is 4.98 Å². The summed E-state index contributed by atoms with van der Waals surface area (Å²) in [7, 11) is 0. The van der Waals surface area contributed by atoms with Gasteiger partial charge in [-0.15, -0.1) is 0 Å².